The average molecular weight is 663 g/mol. The number of rotatable bonds is 2. The molecule has 14 atom stereocenters. The van der Waals surface area contributed by atoms with Gasteiger partial charge in [0.25, 0.3) is 0 Å². The number of benzene rings is 2. The molecular formula is C42H55BN2S2. The normalized spacial score (nSPS) is 48.7. The third-order valence-corrected chi connectivity index (χ3v) is 19.4. The van der Waals surface area contributed by atoms with Gasteiger partial charge in [0.2, 0.25) is 0 Å². The van der Waals surface area contributed by atoms with Gasteiger partial charge in [-0.05, 0) is 111 Å². The van der Waals surface area contributed by atoms with Gasteiger partial charge in [-0.2, -0.15) is 23.5 Å². The van der Waals surface area contributed by atoms with Crippen LogP contribution < -0.4 is 0 Å². The summed E-state index contributed by atoms with van der Waals surface area (Å²) >= 11 is 5.12. The summed E-state index contributed by atoms with van der Waals surface area (Å²) in [5.41, 5.74) is 3.30. The van der Waals surface area contributed by atoms with Crippen LogP contribution in [0.4, 0.5) is 0 Å². The summed E-state index contributed by atoms with van der Waals surface area (Å²) in [4.78, 5) is 6.81. The molecule has 2 aromatic carbocycles. The predicted octanol–water partition coefficient (Wildman–Crippen LogP) is 9.89. The van der Waals surface area contributed by atoms with Gasteiger partial charge in [0.05, 0.1) is 0 Å². The molecule has 9 aliphatic rings. The van der Waals surface area contributed by atoms with Crippen LogP contribution in [0.15, 0.2) is 60.7 Å². The molecule has 4 aliphatic heterocycles. The number of thioether (sulfide) groups is 2. The molecule has 5 heteroatoms. The molecule has 2 aromatic rings. The van der Waals surface area contributed by atoms with Crippen LogP contribution in [0.25, 0.3) is 0 Å². The average Bonchev–Trinajstić information content (AvgIpc) is 3.14. The summed E-state index contributed by atoms with van der Waals surface area (Å²) in [5.74, 6) is 4.20. The number of fused-ring (bicyclic) bond motifs is 10. The van der Waals surface area contributed by atoms with Gasteiger partial charge in [0, 0.05) is 57.3 Å². The fourth-order valence-electron chi connectivity index (χ4n) is 14.6. The third-order valence-electron chi connectivity index (χ3n) is 16.0. The Morgan fingerprint density at radius 3 is 1.43 bits per heavy atom. The molecule has 0 spiro atoms. The van der Waals surface area contributed by atoms with Crippen molar-refractivity contribution in [2.24, 2.45) is 0 Å². The van der Waals surface area contributed by atoms with E-state index in [2.05, 4.69) is 94.0 Å². The van der Waals surface area contributed by atoms with Gasteiger partial charge in [0.15, 0.2) is 6.71 Å². The fraction of sp³-hybridized carbons (Fsp3) is 0.714. The Labute approximate surface area is 293 Å². The van der Waals surface area contributed by atoms with E-state index in [-0.39, 0.29) is 0 Å². The molecule has 11 rings (SSSR count). The van der Waals surface area contributed by atoms with Crippen molar-refractivity contribution in [3.05, 3.63) is 71.8 Å². The highest BCUT2D eigenvalue weighted by Crippen LogP contribution is 2.69. The molecule has 0 N–H and O–H groups in total. The van der Waals surface area contributed by atoms with Crippen molar-refractivity contribution in [3.63, 3.8) is 0 Å². The maximum absolute atomic E-state index is 3.40. The maximum Gasteiger partial charge on any atom is 0.157 e. The van der Waals surface area contributed by atoms with Crippen LogP contribution in [-0.2, 0) is 0 Å². The molecule has 4 saturated heterocycles. The molecule has 0 bridgehead atoms. The lowest BCUT2D eigenvalue weighted by Gasteiger charge is -2.74. The number of hydrogen-bond donors (Lipinski definition) is 0. The van der Waals surface area contributed by atoms with E-state index in [0.717, 1.165) is 93.3 Å². The molecule has 14 unspecified atom stereocenters. The maximum atomic E-state index is 3.40. The summed E-state index contributed by atoms with van der Waals surface area (Å²) in [7, 11) is 0. The van der Waals surface area contributed by atoms with E-state index < -0.39 is 0 Å². The first kappa shape index (κ1) is 29.8. The van der Waals surface area contributed by atoms with Crippen LogP contribution in [0, 0.1) is 0 Å². The zero-order chi connectivity index (χ0) is 30.6. The summed E-state index contributed by atoms with van der Waals surface area (Å²) < 4.78 is 0. The molecule has 9 fully saturated rings. The van der Waals surface area contributed by atoms with Crippen molar-refractivity contribution < 1.29 is 0 Å². The van der Waals surface area contributed by atoms with Crippen LogP contribution in [0.5, 0.6) is 0 Å². The van der Waals surface area contributed by atoms with Crippen molar-refractivity contribution in [1.29, 1.82) is 0 Å². The first-order valence-corrected chi connectivity index (χ1v) is 22.2. The second-order valence-corrected chi connectivity index (χ2v) is 20.7. The molecule has 47 heavy (non-hydrogen) atoms. The first-order chi connectivity index (χ1) is 23.3. The molecule has 5 aliphatic carbocycles. The van der Waals surface area contributed by atoms with Crippen LogP contribution >= 0.6 is 23.5 Å². The van der Waals surface area contributed by atoms with E-state index in [4.69, 9.17) is 0 Å². The van der Waals surface area contributed by atoms with Gasteiger partial charge >= 0.3 is 0 Å². The molecule has 2 nitrogen and oxygen atoms in total. The van der Waals surface area contributed by atoms with Crippen LogP contribution in [0.3, 0.4) is 0 Å². The zero-order valence-corrected chi connectivity index (χ0v) is 30.0. The zero-order valence-electron chi connectivity index (χ0n) is 28.3. The Hall–Kier alpha value is -0.875. The molecule has 0 amide bonds. The first-order valence-electron chi connectivity index (χ1n) is 20.3. The van der Waals surface area contributed by atoms with Gasteiger partial charge in [-0.3, -0.25) is 9.80 Å². The lowest BCUT2D eigenvalue weighted by molar-refractivity contribution is -0.0576. The quantitative estimate of drug-likeness (QED) is 0.295. The molecule has 0 radical (unpaired) electrons. The van der Waals surface area contributed by atoms with Crippen LogP contribution in [0.1, 0.15) is 119 Å². The van der Waals surface area contributed by atoms with Crippen molar-refractivity contribution in [2.45, 2.75) is 183 Å². The van der Waals surface area contributed by atoms with Crippen molar-refractivity contribution in [1.82, 2.24) is 9.80 Å². The van der Waals surface area contributed by atoms with E-state index in [1.54, 1.807) is 11.1 Å². The van der Waals surface area contributed by atoms with Crippen molar-refractivity contribution in [2.75, 3.05) is 0 Å². The Morgan fingerprint density at radius 1 is 0.468 bits per heavy atom. The lowest BCUT2D eigenvalue weighted by atomic mass is 9.18. The number of nitrogens with zero attached hydrogens (tertiary/aromatic N) is 2. The lowest BCUT2D eigenvalue weighted by Crippen LogP contribution is -2.80. The van der Waals surface area contributed by atoms with E-state index in [1.807, 2.05) is 0 Å². The Kier molecular flexibility index (Phi) is 7.51. The minimum atomic E-state index is 0.763. The highest BCUT2D eigenvalue weighted by Gasteiger charge is 2.70. The topological polar surface area (TPSA) is 6.48 Å². The summed E-state index contributed by atoms with van der Waals surface area (Å²) in [6.45, 7) is 0.928. The van der Waals surface area contributed by atoms with Crippen molar-refractivity contribution in [3.8, 4) is 0 Å². The van der Waals surface area contributed by atoms with E-state index >= 15 is 0 Å². The Balaban J connectivity index is 1.06. The summed E-state index contributed by atoms with van der Waals surface area (Å²) in [5, 5.41) is 3.59. The SMILES string of the molecule is c1ccc(C2CCC3C(C2)B2C4CC(c5ccccc5)CCC4N4C5CCCCC5SC5CC6SC7CCCCC7N3C6C2C54)cc1. The molecule has 4 heterocycles. The predicted molar refractivity (Wildman–Crippen MR) is 201 cm³/mol. The molecule has 248 valence electrons. The van der Waals surface area contributed by atoms with E-state index in [0.29, 0.717) is 0 Å². The second kappa shape index (κ2) is 11.8. The summed E-state index contributed by atoms with van der Waals surface area (Å²) in [6.07, 6.45) is 22.1. The highest BCUT2D eigenvalue weighted by atomic mass is 32.2. The Morgan fingerprint density at radius 2 is 0.936 bits per heavy atom. The third kappa shape index (κ3) is 4.60. The fourth-order valence-corrected chi connectivity index (χ4v) is 18.7. The number of hydrogen-bond acceptors (Lipinski definition) is 4. The Bertz CT molecular complexity index is 1340. The minimum absolute atomic E-state index is 0.763. The second-order valence-electron chi connectivity index (χ2n) is 17.7. The smallest absolute Gasteiger partial charge is 0.157 e. The summed E-state index contributed by atoms with van der Waals surface area (Å²) in [6, 6.07) is 28.8. The van der Waals surface area contributed by atoms with Gasteiger partial charge < -0.3 is 0 Å². The van der Waals surface area contributed by atoms with Crippen molar-refractivity contribution >= 4 is 30.2 Å². The standard InChI is InChI=1S/C42H55BN2S2/c1-3-11-26(12-4-1)28-19-21-32-30(23-28)43-31-24-29(27-13-5-2-6-14-27)20-22-33(31)45-35-16-8-10-18-37(35)47-39-25-38-41(40(43)42(39)45)44(32)34-15-7-9-17-36(34)46-38/h1-6,11-14,28-42H,7-10,15-25H2. The van der Waals surface area contributed by atoms with Gasteiger partial charge in [-0.1, -0.05) is 86.3 Å². The van der Waals surface area contributed by atoms with Gasteiger partial charge in [-0.25, -0.2) is 0 Å². The van der Waals surface area contributed by atoms with Gasteiger partial charge in [-0.15, -0.1) is 0 Å². The monoisotopic (exact) mass is 662 g/mol. The molecule has 0 aromatic heterocycles. The minimum Gasteiger partial charge on any atom is -0.293 e. The van der Waals surface area contributed by atoms with E-state index in [9.17, 15) is 0 Å². The van der Waals surface area contributed by atoms with E-state index in [1.165, 1.54) is 96.3 Å². The highest BCUT2D eigenvalue weighted by molar-refractivity contribution is 8.01. The largest absolute Gasteiger partial charge is 0.293 e. The van der Waals surface area contributed by atoms with Crippen LogP contribution in [0.2, 0.25) is 17.5 Å². The van der Waals surface area contributed by atoms with Gasteiger partial charge in [0.1, 0.15) is 0 Å². The van der Waals surface area contributed by atoms with Crippen LogP contribution in [-0.4, -0.2) is 73.8 Å². The molecular weight excluding hydrogens is 607 g/mol. The molecule has 5 saturated carbocycles.